The number of H-pyrrole nitrogens is 2. The molecule has 0 fully saturated rings. The SMILES string of the molecule is CC(=O)NCC(O)C(O)c1ccc2[nH]c(=O)[nH]c2c1. The number of rotatable bonds is 4. The molecule has 0 saturated heterocycles. The summed E-state index contributed by atoms with van der Waals surface area (Å²) in [5.74, 6) is -0.281. The van der Waals surface area contributed by atoms with Crippen molar-refractivity contribution in [2.75, 3.05) is 6.54 Å². The quantitative estimate of drug-likeness (QED) is 0.506. The summed E-state index contributed by atoms with van der Waals surface area (Å²) in [7, 11) is 0. The minimum atomic E-state index is -1.14. The van der Waals surface area contributed by atoms with Gasteiger partial charge in [-0.1, -0.05) is 6.07 Å². The zero-order valence-electron chi connectivity index (χ0n) is 10.3. The van der Waals surface area contributed by atoms with E-state index in [0.717, 1.165) is 0 Å². The third kappa shape index (κ3) is 3.01. The fraction of sp³-hybridized carbons (Fsp3) is 0.333. The van der Waals surface area contributed by atoms with Crippen LogP contribution in [0.2, 0.25) is 0 Å². The number of carbonyl (C=O) groups excluding carboxylic acids is 1. The third-order valence-corrected chi connectivity index (χ3v) is 2.81. The highest BCUT2D eigenvalue weighted by molar-refractivity contribution is 5.75. The van der Waals surface area contributed by atoms with Gasteiger partial charge in [0.1, 0.15) is 12.2 Å². The Bertz CT molecular complexity index is 646. The first kappa shape index (κ1) is 13.3. The largest absolute Gasteiger partial charge is 0.388 e. The fourth-order valence-electron chi connectivity index (χ4n) is 1.82. The lowest BCUT2D eigenvalue weighted by Crippen LogP contribution is -2.34. The van der Waals surface area contributed by atoms with Crippen molar-refractivity contribution >= 4 is 16.9 Å². The summed E-state index contributed by atoms with van der Waals surface area (Å²) in [6, 6.07) is 4.82. The molecule has 2 unspecified atom stereocenters. The number of nitrogens with one attached hydrogen (secondary N) is 3. The third-order valence-electron chi connectivity index (χ3n) is 2.81. The highest BCUT2D eigenvalue weighted by Crippen LogP contribution is 2.19. The number of aliphatic hydroxyl groups is 2. The number of hydrogen-bond acceptors (Lipinski definition) is 4. The summed E-state index contributed by atoms with van der Waals surface area (Å²) in [6.45, 7) is 1.29. The molecule has 0 aliphatic rings. The van der Waals surface area contributed by atoms with Crippen LogP contribution in [0.15, 0.2) is 23.0 Å². The van der Waals surface area contributed by atoms with Crippen LogP contribution in [0, 0.1) is 0 Å². The maximum atomic E-state index is 11.1. The molecule has 19 heavy (non-hydrogen) atoms. The van der Waals surface area contributed by atoms with Crippen LogP contribution in [0.5, 0.6) is 0 Å². The van der Waals surface area contributed by atoms with Gasteiger partial charge in [0.2, 0.25) is 5.91 Å². The fourth-order valence-corrected chi connectivity index (χ4v) is 1.82. The molecule has 0 spiro atoms. The van der Waals surface area contributed by atoms with Crippen molar-refractivity contribution in [3.05, 3.63) is 34.2 Å². The van der Waals surface area contributed by atoms with Gasteiger partial charge in [0, 0.05) is 13.5 Å². The van der Waals surface area contributed by atoms with Gasteiger partial charge < -0.3 is 25.5 Å². The van der Waals surface area contributed by atoms with Gasteiger partial charge >= 0.3 is 5.69 Å². The number of aromatic nitrogens is 2. The molecule has 0 radical (unpaired) electrons. The van der Waals surface area contributed by atoms with Crippen molar-refractivity contribution in [1.29, 1.82) is 0 Å². The van der Waals surface area contributed by atoms with Crippen molar-refractivity contribution in [3.63, 3.8) is 0 Å². The van der Waals surface area contributed by atoms with Crippen LogP contribution in [0.4, 0.5) is 0 Å². The topological polar surface area (TPSA) is 118 Å². The molecule has 0 aliphatic carbocycles. The van der Waals surface area contributed by atoms with Gasteiger partial charge in [-0.3, -0.25) is 4.79 Å². The summed E-state index contributed by atoms with van der Waals surface area (Å²) in [6.07, 6.45) is -2.26. The number of aromatic amines is 2. The molecule has 0 bridgehead atoms. The van der Waals surface area contributed by atoms with Crippen molar-refractivity contribution in [3.8, 4) is 0 Å². The predicted molar refractivity (Wildman–Crippen MR) is 68.6 cm³/mol. The first-order chi connectivity index (χ1) is 8.97. The van der Waals surface area contributed by atoms with Crippen molar-refractivity contribution < 1.29 is 15.0 Å². The monoisotopic (exact) mass is 265 g/mol. The van der Waals surface area contributed by atoms with E-state index in [1.54, 1.807) is 18.2 Å². The maximum Gasteiger partial charge on any atom is 0.323 e. The molecule has 2 atom stereocenters. The number of fused-ring (bicyclic) bond motifs is 1. The summed E-state index contributed by atoms with van der Waals surface area (Å²) in [5, 5.41) is 22.1. The number of carbonyl (C=O) groups is 1. The minimum Gasteiger partial charge on any atom is -0.388 e. The lowest BCUT2D eigenvalue weighted by Gasteiger charge is -2.18. The second-order valence-electron chi connectivity index (χ2n) is 4.33. The van der Waals surface area contributed by atoms with Crippen molar-refractivity contribution in [2.45, 2.75) is 19.1 Å². The zero-order chi connectivity index (χ0) is 14.0. The van der Waals surface area contributed by atoms with Gasteiger partial charge in [0.15, 0.2) is 0 Å². The summed E-state index contributed by atoms with van der Waals surface area (Å²) in [4.78, 5) is 27.0. The van der Waals surface area contributed by atoms with E-state index in [1.807, 2.05) is 0 Å². The Hall–Kier alpha value is -2.12. The van der Waals surface area contributed by atoms with E-state index in [1.165, 1.54) is 6.92 Å². The lowest BCUT2D eigenvalue weighted by molar-refractivity contribution is -0.119. The molecule has 7 heteroatoms. The second-order valence-corrected chi connectivity index (χ2v) is 4.33. The summed E-state index contributed by atoms with van der Waals surface area (Å²) in [5.41, 5.74) is 1.30. The molecular weight excluding hydrogens is 250 g/mol. The van der Waals surface area contributed by atoms with E-state index in [9.17, 15) is 19.8 Å². The molecule has 5 N–H and O–H groups in total. The molecule has 2 rings (SSSR count). The van der Waals surface area contributed by atoms with E-state index < -0.39 is 12.2 Å². The maximum absolute atomic E-state index is 11.1. The predicted octanol–water partition coefficient (Wildman–Crippen LogP) is -0.613. The van der Waals surface area contributed by atoms with Crippen LogP contribution in [0.25, 0.3) is 11.0 Å². The van der Waals surface area contributed by atoms with E-state index in [0.29, 0.717) is 16.6 Å². The Morgan fingerprint density at radius 2 is 2.00 bits per heavy atom. The minimum absolute atomic E-state index is 0.0435. The Kier molecular flexibility index (Phi) is 3.68. The van der Waals surface area contributed by atoms with Crippen molar-refractivity contribution in [2.24, 2.45) is 0 Å². The molecule has 1 aromatic carbocycles. The average molecular weight is 265 g/mol. The van der Waals surface area contributed by atoms with Crippen LogP contribution in [-0.4, -0.2) is 38.7 Å². The first-order valence-electron chi connectivity index (χ1n) is 5.80. The summed E-state index contributed by atoms with van der Waals surface area (Å²) < 4.78 is 0. The van der Waals surface area contributed by atoms with Crippen LogP contribution in [0.3, 0.4) is 0 Å². The van der Waals surface area contributed by atoms with E-state index >= 15 is 0 Å². The molecule has 1 aromatic heterocycles. The molecule has 1 amide bonds. The average Bonchev–Trinajstić information content (AvgIpc) is 2.73. The molecule has 1 heterocycles. The zero-order valence-corrected chi connectivity index (χ0v) is 10.3. The van der Waals surface area contributed by atoms with Crippen LogP contribution in [-0.2, 0) is 4.79 Å². The van der Waals surface area contributed by atoms with Gasteiger partial charge in [-0.25, -0.2) is 4.79 Å². The van der Waals surface area contributed by atoms with Gasteiger partial charge in [-0.05, 0) is 17.7 Å². The molecular formula is C12H15N3O4. The lowest BCUT2D eigenvalue weighted by atomic mass is 10.0. The van der Waals surface area contributed by atoms with Crippen LogP contribution in [0.1, 0.15) is 18.6 Å². The Balaban J connectivity index is 2.18. The second kappa shape index (κ2) is 5.25. The normalized spacial score (nSPS) is 14.3. The van der Waals surface area contributed by atoms with Gasteiger partial charge in [0.05, 0.1) is 11.0 Å². The Morgan fingerprint density at radius 1 is 1.32 bits per heavy atom. The van der Waals surface area contributed by atoms with Gasteiger partial charge in [-0.2, -0.15) is 0 Å². The summed E-state index contributed by atoms with van der Waals surface area (Å²) >= 11 is 0. The van der Waals surface area contributed by atoms with E-state index in [4.69, 9.17) is 0 Å². The van der Waals surface area contributed by atoms with E-state index in [-0.39, 0.29) is 18.1 Å². The first-order valence-corrected chi connectivity index (χ1v) is 5.80. The highest BCUT2D eigenvalue weighted by atomic mass is 16.3. The van der Waals surface area contributed by atoms with E-state index in [2.05, 4.69) is 15.3 Å². The Morgan fingerprint density at radius 3 is 2.68 bits per heavy atom. The smallest absolute Gasteiger partial charge is 0.323 e. The van der Waals surface area contributed by atoms with Gasteiger partial charge in [0.25, 0.3) is 0 Å². The van der Waals surface area contributed by atoms with Crippen LogP contribution >= 0.6 is 0 Å². The number of hydrogen-bond donors (Lipinski definition) is 5. The van der Waals surface area contributed by atoms with Gasteiger partial charge in [-0.15, -0.1) is 0 Å². The van der Waals surface area contributed by atoms with Crippen molar-refractivity contribution in [1.82, 2.24) is 15.3 Å². The number of benzene rings is 1. The standard InChI is InChI=1S/C12H15N3O4/c1-6(16)13-5-10(17)11(18)7-2-3-8-9(4-7)15-12(19)14-8/h2-4,10-11,17-18H,5H2,1H3,(H,13,16)(H2,14,15,19). The molecule has 2 aromatic rings. The molecule has 0 aliphatic heterocycles. The highest BCUT2D eigenvalue weighted by Gasteiger charge is 2.19. The Labute approximate surface area is 108 Å². The number of imidazole rings is 1. The number of amides is 1. The molecule has 7 nitrogen and oxygen atoms in total. The van der Waals surface area contributed by atoms with Crippen LogP contribution < -0.4 is 11.0 Å². The number of aliphatic hydroxyl groups excluding tert-OH is 2. The molecule has 0 saturated carbocycles. The molecule has 102 valence electrons.